The first-order chi connectivity index (χ1) is 6.10. The predicted molar refractivity (Wildman–Crippen MR) is 48.0 cm³/mol. The minimum absolute atomic E-state index is 0.132. The Kier molecular flexibility index (Phi) is 3.08. The molecule has 74 valence electrons. The summed E-state index contributed by atoms with van der Waals surface area (Å²) >= 11 is 0. The molecule has 1 heterocycles. The first-order valence-electron chi connectivity index (χ1n) is 4.10. The fourth-order valence-electron chi connectivity index (χ4n) is 0.988. The van der Waals surface area contributed by atoms with E-state index >= 15 is 0 Å². The molecular formula is C9H15NO3. The molecule has 0 spiro atoms. The smallest absolute Gasteiger partial charge is 0.136 e. The van der Waals surface area contributed by atoms with Crippen LogP contribution in [0.2, 0.25) is 0 Å². The molecule has 0 bridgehead atoms. The minimum Gasteiger partial charge on any atom is -0.461 e. The van der Waals surface area contributed by atoms with Crippen molar-refractivity contribution in [2.24, 2.45) is 5.73 Å². The fourth-order valence-corrected chi connectivity index (χ4v) is 0.988. The fraction of sp³-hybridized carbons (Fsp3) is 0.556. The van der Waals surface area contributed by atoms with Crippen LogP contribution in [0.15, 0.2) is 16.5 Å². The van der Waals surface area contributed by atoms with E-state index < -0.39 is 5.60 Å². The predicted octanol–water partition coefficient (Wildman–Crippen LogP) is 0.592. The lowest BCUT2D eigenvalue weighted by Crippen LogP contribution is -2.30. The molecule has 0 amide bonds. The lowest BCUT2D eigenvalue weighted by Gasteiger charge is -2.17. The van der Waals surface area contributed by atoms with E-state index in [9.17, 15) is 5.11 Å². The van der Waals surface area contributed by atoms with Crippen LogP contribution in [0.1, 0.15) is 18.4 Å². The molecule has 0 radical (unpaired) electrons. The van der Waals surface area contributed by atoms with Crippen LogP contribution < -0.4 is 5.73 Å². The zero-order valence-corrected chi connectivity index (χ0v) is 7.91. The summed E-state index contributed by atoms with van der Waals surface area (Å²) in [6.07, 6.45) is 0. The van der Waals surface area contributed by atoms with E-state index in [-0.39, 0.29) is 6.54 Å². The van der Waals surface area contributed by atoms with Gasteiger partial charge < -0.3 is 20.0 Å². The quantitative estimate of drug-likeness (QED) is 0.720. The molecule has 13 heavy (non-hydrogen) atoms. The SMILES string of the molecule is COCc1ccc(C(C)(O)CN)o1. The molecule has 1 unspecified atom stereocenters. The van der Waals surface area contributed by atoms with Crippen LogP contribution in [-0.4, -0.2) is 18.8 Å². The van der Waals surface area contributed by atoms with E-state index in [0.29, 0.717) is 18.1 Å². The maximum atomic E-state index is 9.72. The van der Waals surface area contributed by atoms with Crippen molar-refractivity contribution in [1.29, 1.82) is 0 Å². The van der Waals surface area contributed by atoms with Crippen molar-refractivity contribution in [1.82, 2.24) is 0 Å². The Labute approximate surface area is 77.3 Å². The van der Waals surface area contributed by atoms with E-state index in [0.717, 1.165) is 0 Å². The van der Waals surface area contributed by atoms with E-state index in [1.807, 2.05) is 0 Å². The van der Waals surface area contributed by atoms with Crippen LogP contribution in [0, 0.1) is 0 Å². The average molecular weight is 185 g/mol. The van der Waals surface area contributed by atoms with Crippen molar-refractivity contribution in [3.63, 3.8) is 0 Å². The molecule has 4 nitrogen and oxygen atoms in total. The third-order valence-corrected chi connectivity index (χ3v) is 1.88. The molecule has 1 atom stereocenters. The molecule has 3 N–H and O–H groups in total. The van der Waals surface area contributed by atoms with Gasteiger partial charge in [0.15, 0.2) is 0 Å². The second kappa shape index (κ2) is 3.91. The van der Waals surface area contributed by atoms with Gasteiger partial charge in [-0.1, -0.05) is 0 Å². The number of rotatable bonds is 4. The Morgan fingerprint density at radius 1 is 1.62 bits per heavy atom. The maximum Gasteiger partial charge on any atom is 0.136 e. The molecule has 1 rings (SSSR count). The highest BCUT2D eigenvalue weighted by atomic mass is 16.5. The maximum absolute atomic E-state index is 9.72. The molecule has 0 saturated carbocycles. The summed E-state index contributed by atoms with van der Waals surface area (Å²) in [5.41, 5.74) is 4.29. The molecule has 0 saturated heterocycles. The highest BCUT2D eigenvalue weighted by Gasteiger charge is 2.24. The summed E-state index contributed by atoms with van der Waals surface area (Å²) in [5, 5.41) is 9.72. The van der Waals surface area contributed by atoms with Crippen LogP contribution in [0.4, 0.5) is 0 Å². The lowest BCUT2D eigenvalue weighted by atomic mass is 10.1. The van der Waals surface area contributed by atoms with Crippen molar-refractivity contribution in [2.75, 3.05) is 13.7 Å². The summed E-state index contributed by atoms with van der Waals surface area (Å²) in [6.45, 7) is 2.15. The molecule has 1 aromatic rings. The Hall–Kier alpha value is -0.840. The molecule has 0 aliphatic carbocycles. The lowest BCUT2D eigenvalue weighted by molar-refractivity contribution is 0.0394. The molecule has 0 aromatic carbocycles. The Balaban J connectivity index is 2.79. The highest BCUT2D eigenvalue weighted by molar-refractivity contribution is 5.13. The van der Waals surface area contributed by atoms with Crippen molar-refractivity contribution in [2.45, 2.75) is 19.1 Å². The van der Waals surface area contributed by atoms with Gasteiger partial charge in [0.1, 0.15) is 23.7 Å². The van der Waals surface area contributed by atoms with Crippen LogP contribution in [0.25, 0.3) is 0 Å². The van der Waals surface area contributed by atoms with Crippen molar-refractivity contribution < 1.29 is 14.3 Å². The summed E-state index contributed by atoms with van der Waals surface area (Å²) in [4.78, 5) is 0. The normalized spacial score (nSPS) is 15.7. The monoisotopic (exact) mass is 185 g/mol. The van der Waals surface area contributed by atoms with Gasteiger partial charge in [-0.3, -0.25) is 0 Å². The van der Waals surface area contributed by atoms with Crippen LogP contribution in [-0.2, 0) is 16.9 Å². The van der Waals surface area contributed by atoms with E-state index in [2.05, 4.69) is 0 Å². The van der Waals surface area contributed by atoms with E-state index in [1.54, 1.807) is 26.2 Å². The minimum atomic E-state index is -1.09. The number of methoxy groups -OCH3 is 1. The second-order valence-electron chi connectivity index (χ2n) is 3.18. The van der Waals surface area contributed by atoms with Crippen molar-refractivity contribution in [3.8, 4) is 0 Å². The third-order valence-electron chi connectivity index (χ3n) is 1.88. The summed E-state index contributed by atoms with van der Waals surface area (Å²) < 4.78 is 10.2. The Bertz CT molecular complexity index is 268. The molecule has 0 aliphatic rings. The Morgan fingerprint density at radius 3 is 2.85 bits per heavy atom. The Morgan fingerprint density at radius 2 is 2.31 bits per heavy atom. The van der Waals surface area contributed by atoms with Gasteiger partial charge in [0.25, 0.3) is 0 Å². The first-order valence-corrected chi connectivity index (χ1v) is 4.10. The summed E-state index contributed by atoms with van der Waals surface area (Å²) in [6, 6.07) is 3.48. The number of hydrogen-bond acceptors (Lipinski definition) is 4. The number of ether oxygens (including phenoxy) is 1. The molecule has 4 heteroatoms. The third kappa shape index (κ3) is 2.30. The number of furan rings is 1. The zero-order valence-electron chi connectivity index (χ0n) is 7.91. The largest absolute Gasteiger partial charge is 0.461 e. The van der Waals surface area contributed by atoms with Gasteiger partial charge in [0, 0.05) is 13.7 Å². The zero-order chi connectivity index (χ0) is 9.90. The number of hydrogen-bond donors (Lipinski definition) is 2. The van der Waals surface area contributed by atoms with Crippen molar-refractivity contribution in [3.05, 3.63) is 23.7 Å². The van der Waals surface area contributed by atoms with Gasteiger partial charge in [-0.25, -0.2) is 0 Å². The van der Waals surface area contributed by atoms with Gasteiger partial charge in [-0.2, -0.15) is 0 Å². The van der Waals surface area contributed by atoms with E-state index in [1.165, 1.54) is 0 Å². The highest BCUT2D eigenvalue weighted by Crippen LogP contribution is 2.21. The van der Waals surface area contributed by atoms with Crippen molar-refractivity contribution >= 4 is 0 Å². The van der Waals surface area contributed by atoms with Crippen LogP contribution in [0.3, 0.4) is 0 Å². The van der Waals surface area contributed by atoms with Gasteiger partial charge in [-0.05, 0) is 19.1 Å². The van der Waals surface area contributed by atoms with Gasteiger partial charge in [0.05, 0.1) is 0 Å². The van der Waals surface area contributed by atoms with Gasteiger partial charge in [0.2, 0.25) is 0 Å². The molecule has 0 fully saturated rings. The summed E-state index contributed by atoms with van der Waals surface area (Å²) in [7, 11) is 1.59. The molecule has 1 aromatic heterocycles. The average Bonchev–Trinajstić information content (AvgIpc) is 2.54. The summed E-state index contributed by atoms with van der Waals surface area (Å²) in [5.74, 6) is 1.16. The standard InChI is InChI=1S/C9H15NO3/c1-9(11,6-10)8-4-3-7(13-8)5-12-2/h3-4,11H,5-6,10H2,1-2H3. The number of aliphatic hydroxyl groups is 1. The van der Waals surface area contributed by atoms with E-state index in [4.69, 9.17) is 14.9 Å². The van der Waals surface area contributed by atoms with Crippen LogP contribution in [0.5, 0.6) is 0 Å². The molecule has 0 aliphatic heterocycles. The first kappa shape index (κ1) is 10.2. The molecular weight excluding hydrogens is 170 g/mol. The van der Waals surface area contributed by atoms with Crippen LogP contribution >= 0.6 is 0 Å². The van der Waals surface area contributed by atoms with Gasteiger partial charge >= 0.3 is 0 Å². The van der Waals surface area contributed by atoms with Gasteiger partial charge in [-0.15, -0.1) is 0 Å². The second-order valence-corrected chi connectivity index (χ2v) is 3.18. The topological polar surface area (TPSA) is 68.6 Å². The number of nitrogens with two attached hydrogens (primary N) is 1.